The molecule has 0 aromatic heterocycles. The van der Waals surface area contributed by atoms with Crippen molar-refractivity contribution in [3.63, 3.8) is 0 Å². The van der Waals surface area contributed by atoms with Crippen molar-refractivity contribution >= 4 is 0 Å². The van der Waals surface area contributed by atoms with Crippen LogP contribution in [0.25, 0.3) is 0 Å². The Balaban J connectivity index is 2.42. The predicted molar refractivity (Wildman–Crippen MR) is 80.1 cm³/mol. The zero-order valence-electron chi connectivity index (χ0n) is 12.2. The van der Waals surface area contributed by atoms with Crippen LogP contribution >= 0.6 is 0 Å². The van der Waals surface area contributed by atoms with Crippen LogP contribution in [-0.2, 0) is 15.9 Å². The number of rotatable bonds is 10. The minimum absolute atomic E-state index is 0.259. The number of ether oxygens (including phenoxy) is 2. The molecule has 0 saturated carbocycles. The van der Waals surface area contributed by atoms with Gasteiger partial charge in [0.25, 0.3) is 0 Å². The Morgan fingerprint density at radius 2 is 2.00 bits per heavy atom. The van der Waals surface area contributed by atoms with Gasteiger partial charge in [-0.15, -0.1) is 6.58 Å². The fourth-order valence-corrected chi connectivity index (χ4v) is 2.24. The Bertz CT molecular complexity index is 334. The first-order chi connectivity index (χ1) is 9.26. The highest BCUT2D eigenvalue weighted by Gasteiger charge is 2.13. The van der Waals surface area contributed by atoms with Gasteiger partial charge in [0, 0.05) is 7.11 Å². The summed E-state index contributed by atoms with van der Waals surface area (Å²) >= 11 is 0. The van der Waals surface area contributed by atoms with Crippen LogP contribution in [0.2, 0.25) is 0 Å². The van der Waals surface area contributed by atoms with Gasteiger partial charge in [-0.2, -0.15) is 0 Å². The number of hydrogen-bond donors (Lipinski definition) is 0. The lowest BCUT2D eigenvalue weighted by Crippen LogP contribution is -2.19. The molecule has 0 bridgehead atoms. The molecule has 0 heterocycles. The minimum atomic E-state index is 0.259. The fraction of sp³-hybridized carbons (Fsp3) is 0.529. The van der Waals surface area contributed by atoms with E-state index in [0.717, 1.165) is 25.7 Å². The van der Waals surface area contributed by atoms with Crippen molar-refractivity contribution in [1.82, 2.24) is 0 Å². The summed E-state index contributed by atoms with van der Waals surface area (Å²) in [4.78, 5) is 0. The Morgan fingerprint density at radius 1 is 1.26 bits per heavy atom. The molecule has 19 heavy (non-hydrogen) atoms. The molecular formula is C17H26O2. The molecule has 0 radical (unpaired) electrons. The maximum atomic E-state index is 5.77. The molecule has 2 heteroatoms. The number of allylic oxidation sites excluding steroid dienone is 1. The van der Waals surface area contributed by atoms with Crippen LogP contribution < -0.4 is 0 Å². The van der Waals surface area contributed by atoms with Crippen molar-refractivity contribution in [3.8, 4) is 0 Å². The largest absolute Gasteiger partial charge is 0.359 e. The van der Waals surface area contributed by atoms with Gasteiger partial charge < -0.3 is 9.47 Å². The molecular weight excluding hydrogens is 236 g/mol. The lowest BCUT2D eigenvalue weighted by Gasteiger charge is -2.20. The first kappa shape index (κ1) is 15.9. The van der Waals surface area contributed by atoms with Crippen LogP contribution in [0.1, 0.15) is 31.7 Å². The zero-order valence-corrected chi connectivity index (χ0v) is 12.2. The molecule has 106 valence electrons. The summed E-state index contributed by atoms with van der Waals surface area (Å²) in [7, 11) is 1.67. The van der Waals surface area contributed by atoms with Crippen LogP contribution in [-0.4, -0.2) is 20.0 Å². The number of hydrogen-bond acceptors (Lipinski definition) is 2. The monoisotopic (exact) mass is 262 g/mol. The van der Waals surface area contributed by atoms with Gasteiger partial charge in [0.15, 0.2) is 0 Å². The molecule has 0 fully saturated rings. The molecule has 0 aliphatic heterocycles. The van der Waals surface area contributed by atoms with Crippen molar-refractivity contribution in [2.75, 3.05) is 13.9 Å². The Hall–Kier alpha value is -1.12. The summed E-state index contributed by atoms with van der Waals surface area (Å²) in [6.07, 6.45) is 6.43. The standard InChI is InChI=1S/C17H26O2/c1-4-8-15(2)13-17(19-14-18-3)12-11-16-9-6-5-7-10-16/h4-7,9-10,15,17H,1,8,11-14H2,2-3H3/t15-,17-/m0/s1. The number of benzene rings is 1. The van der Waals surface area contributed by atoms with Crippen molar-refractivity contribution in [3.05, 3.63) is 48.6 Å². The van der Waals surface area contributed by atoms with Gasteiger partial charge in [-0.3, -0.25) is 0 Å². The zero-order chi connectivity index (χ0) is 13.9. The molecule has 0 aliphatic carbocycles. The summed E-state index contributed by atoms with van der Waals surface area (Å²) in [6.45, 7) is 6.42. The minimum Gasteiger partial charge on any atom is -0.359 e. The van der Waals surface area contributed by atoms with Gasteiger partial charge in [0.2, 0.25) is 0 Å². The van der Waals surface area contributed by atoms with E-state index in [1.54, 1.807) is 7.11 Å². The van der Waals surface area contributed by atoms with E-state index in [2.05, 4.69) is 43.8 Å². The molecule has 1 aromatic rings. The molecule has 2 atom stereocenters. The SMILES string of the molecule is C=CC[C@H](C)C[C@H](CCc1ccccc1)OCOC. The van der Waals surface area contributed by atoms with Gasteiger partial charge in [-0.05, 0) is 37.2 Å². The molecule has 0 spiro atoms. The van der Waals surface area contributed by atoms with Gasteiger partial charge in [-0.25, -0.2) is 0 Å². The van der Waals surface area contributed by atoms with Crippen molar-refractivity contribution in [2.24, 2.45) is 5.92 Å². The highest BCUT2D eigenvalue weighted by Crippen LogP contribution is 2.18. The molecule has 0 aliphatic rings. The van der Waals surface area contributed by atoms with E-state index in [4.69, 9.17) is 9.47 Å². The third kappa shape index (κ3) is 7.14. The number of aryl methyl sites for hydroxylation is 1. The fourth-order valence-electron chi connectivity index (χ4n) is 2.24. The van der Waals surface area contributed by atoms with Crippen LogP contribution in [0.5, 0.6) is 0 Å². The molecule has 0 N–H and O–H groups in total. The van der Waals surface area contributed by atoms with E-state index < -0.39 is 0 Å². The Morgan fingerprint density at radius 3 is 2.63 bits per heavy atom. The van der Waals surface area contributed by atoms with Crippen molar-refractivity contribution in [2.45, 2.75) is 38.7 Å². The molecule has 1 rings (SSSR count). The topological polar surface area (TPSA) is 18.5 Å². The van der Waals surface area contributed by atoms with Crippen molar-refractivity contribution in [1.29, 1.82) is 0 Å². The summed E-state index contributed by atoms with van der Waals surface area (Å²) in [5.74, 6) is 0.607. The summed E-state index contributed by atoms with van der Waals surface area (Å²) in [5.41, 5.74) is 1.37. The highest BCUT2D eigenvalue weighted by molar-refractivity contribution is 5.14. The van der Waals surface area contributed by atoms with E-state index in [1.165, 1.54) is 5.56 Å². The first-order valence-electron chi connectivity index (χ1n) is 7.01. The summed E-state index contributed by atoms with van der Waals surface area (Å²) in [5, 5.41) is 0. The highest BCUT2D eigenvalue weighted by atomic mass is 16.7. The molecule has 1 aromatic carbocycles. The van der Waals surface area contributed by atoms with Gasteiger partial charge >= 0.3 is 0 Å². The Labute approximate surface area is 117 Å². The molecule has 0 unspecified atom stereocenters. The van der Waals surface area contributed by atoms with E-state index in [0.29, 0.717) is 12.7 Å². The quantitative estimate of drug-likeness (QED) is 0.464. The van der Waals surface area contributed by atoms with E-state index in [-0.39, 0.29) is 6.10 Å². The second-order valence-corrected chi connectivity index (χ2v) is 5.08. The maximum Gasteiger partial charge on any atom is 0.146 e. The molecule has 0 amide bonds. The molecule has 0 saturated heterocycles. The van der Waals surface area contributed by atoms with Crippen LogP contribution in [0, 0.1) is 5.92 Å². The van der Waals surface area contributed by atoms with Crippen molar-refractivity contribution < 1.29 is 9.47 Å². The Kier molecular flexibility index (Phi) is 8.19. The predicted octanol–water partition coefficient (Wildman–Crippen LogP) is 4.21. The lowest BCUT2D eigenvalue weighted by molar-refractivity contribution is -0.0800. The van der Waals surface area contributed by atoms with Crippen LogP contribution in [0.4, 0.5) is 0 Å². The summed E-state index contributed by atoms with van der Waals surface area (Å²) < 4.78 is 10.8. The van der Waals surface area contributed by atoms with Gasteiger partial charge in [0.1, 0.15) is 6.79 Å². The third-order valence-electron chi connectivity index (χ3n) is 3.25. The number of methoxy groups -OCH3 is 1. The van der Waals surface area contributed by atoms with Gasteiger partial charge in [0.05, 0.1) is 6.10 Å². The second-order valence-electron chi connectivity index (χ2n) is 5.08. The second kappa shape index (κ2) is 9.76. The molecule has 2 nitrogen and oxygen atoms in total. The lowest BCUT2D eigenvalue weighted by atomic mass is 9.96. The van der Waals surface area contributed by atoms with E-state index in [1.807, 2.05) is 6.08 Å². The average molecular weight is 262 g/mol. The van der Waals surface area contributed by atoms with E-state index >= 15 is 0 Å². The maximum absolute atomic E-state index is 5.77. The first-order valence-corrected chi connectivity index (χ1v) is 7.01. The van der Waals surface area contributed by atoms with Gasteiger partial charge in [-0.1, -0.05) is 43.3 Å². The van der Waals surface area contributed by atoms with Crippen LogP contribution in [0.3, 0.4) is 0 Å². The normalized spacial score (nSPS) is 14.0. The van der Waals surface area contributed by atoms with E-state index in [9.17, 15) is 0 Å². The average Bonchev–Trinajstić information content (AvgIpc) is 2.43. The smallest absolute Gasteiger partial charge is 0.146 e. The third-order valence-corrected chi connectivity index (χ3v) is 3.25. The van der Waals surface area contributed by atoms with Crippen LogP contribution in [0.15, 0.2) is 43.0 Å². The summed E-state index contributed by atoms with van der Waals surface area (Å²) in [6, 6.07) is 10.6.